The van der Waals surface area contributed by atoms with Crippen LogP contribution in [0.4, 0.5) is 11.5 Å². The molecule has 1 spiro atoms. The average Bonchev–Trinajstić information content (AvgIpc) is 2.79. The monoisotopic (exact) mass is 277 g/mol. The van der Waals surface area contributed by atoms with E-state index in [1.165, 1.54) is 32.1 Å². The Labute approximate surface area is 117 Å². The third kappa shape index (κ3) is 1.64. The molecule has 5 nitrogen and oxygen atoms in total. The number of hydrogen-bond acceptors (Lipinski definition) is 5. The number of fused-ring (bicyclic) bond motifs is 4. The molecule has 4 rings (SSSR count). The minimum absolute atomic E-state index is 0.141. The lowest BCUT2D eigenvalue weighted by Crippen LogP contribution is -2.54. The maximum Gasteiger partial charge on any atom is 0.224 e. The zero-order valence-electron chi connectivity index (χ0n) is 10.7. The fourth-order valence-electron chi connectivity index (χ4n) is 3.55. The Bertz CT molecular complexity index is 550. The van der Waals surface area contributed by atoms with Gasteiger partial charge in [-0.3, -0.25) is 4.99 Å². The van der Waals surface area contributed by atoms with Gasteiger partial charge in [-0.05, 0) is 24.4 Å². The lowest BCUT2D eigenvalue weighted by molar-refractivity contribution is 0.316. The van der Waals surface area contributed by atoms with E-state index in [0.29, 0.717) is 5.28 Å². The Balaban J connectivity index is 1.82. The minimum atomic E-state index is 0.141. The second-order valence-electron chi connectivity index (χ2n) is 5.58. The van der Waals surface area contributed by atoms with E-state index in [9.17, 15) is 0 Å². The number of hydrogen-bond donors (Lipinski definition) is 1. The highest BCUT2D eigenvalue weighted by Crippen LogP contribution is 2.43. The first-order valence-electron chi connectivity index (χ1n) is 6.89. The van der Waals surface area contributed by atoms with Gasteiger partial charge in [0.2, 0.25) is 5.28 Å². The highest BCUT2D eigenvalue weighted by molar-refractivity contribution is 6.28. The molecule has 1 fully saturated rings. The van der Waals surface area contributed by atoms with E-state index in [-0.39, 0.29) is 5.54 Å². The molecule has 0 unspecified atom stereocenters. The highest BCUT2D eigenvalue weighted by Gasteiger charge is 2.47. The lowest BCUT2D eigenvalue weighted by atomic mass is 9.80. The van der Waals surface area contributed by atoms with E-state index in [4.69, 9.17) is 16.6 Å². The minimum Gasteiger partial charge on any atom is -0.374 e. The van der Waals surface area contributed by atoms with Gasteiger partial charge in [0, 0.05) is 0 Å². The van der Waals surface area contributed by atoms with Crippen molar-refractivity contribution in [3.8, 4) is 0 Å². The van der Waals surface area contributed by atoms with Crippen LogP contribution in [0.3, 0.4) is 0 Å². The molecular weight excluding hydrogens is 262 g/mol. The molecule has 1 aromatic rings. The topological polar surface area (TPSA) is 53.4 Å². The number of aromatic nitrogens is 2. The van der Waals surface area contributed by atoms with Gasteiger partial charge in [-0.2, -0.15) is 4.98 Å². The first-order valence-corrected chi connectivity index (χ1v) is 7.26. The van der Waals surface area contributed by atoms with Crippen molar-refractivity contribution in [2.24, 2.45) is 4.99 Å². The Morgan fingerprint density at radius 1 is 1.26 bits per heavy atom. The van der Waals surface area contributed by atoms with Gasteiger partial charge in [0.25, 0.3) is 0 Å². The summed E-state index contributed by atoms with van der Waals surface area (Å²) >= 11 is 5.98. The number of nitrogens with zero attached hydrogens (tertiary/aromatic N) is 4. The Morgan fingerprint density at radius 3 is 2.95 bits per heavy atom. The van der Waals surface area contributed by atoms with Gasteiger partial charge in [-0.1, -0.05) is 19.3 Å². The van der Waals surface area contributed by atoms with E-state index in [1.54, 1.807) is 6.20 Å². The predicted molar refractivity (Wildman–Crippen MR) is 76.1 cm³/mol. The maximum absolute atomic E-state index is 5.98. The van der Waals surface area contributed by atoms with E-state index < -0.39 is 0 Å². The molecule has 2 aliphatic heterocycles. The summed E-state index contributed by atoms with van der Waals surface area (Å²) in [7, 11) is 0. The Morgan fingerprint density at radius 2 is 2.11 bits per heavy atom. The van der Waals surface area contributed by atoms with Crippen molar-refractivity contribution in [2.75, 3.05) is 23.3 Å². The summed E-state index contributed by atoms with van der Waals surface area (Å²) in [5.41, 5.74) is 1.11. The molecule has 1 aliphatic carbocycles. The zero-order chi connectivity index (χ0) is 12.9. The van der Waals surface area contributed by atoms with Crippen LogP contribution in [0.1, 0.15) is 32.1 Å². The molecule has 1 saturated carbocycles. The molecule has 0 bridgehead atoms. The molecule has 0 radical (unpaired) electrons. The van der Waals surface area contributed by atoms with Crippen molar-refractivity contribution in [1.82, 2.24) is 9.97 Å². The number of anilines is 2. The normalized spacial score (nSPS) is 23.6. The van der Waals surface area contributed by atoms with Gasteiger partial charge >= 0.3 is 0 Å². The summed E-state index contributed by atoms with van der Waals surface area (Å²) in [5.74, 6) is 2.01. The molecule has 1 aromatic heterocycles. The number of halogens is 1. The van der Waals surface area contributed by atoms with Crippen LogP contribution in [0, 0.1) is 0 Å². The summed E-state index contributed by atoms with van der Waals surface area (Å²) in [4.78, 5) is 15.6. The van der Waals surface area contributed by atoms with Gasteiger partial charge in [-0.15, -0.1) is 0 Å². The van der Waals surface area contributed by atoms with Crippen LogP contribution in [0.5, 0.6) is 0 Å². The largest absolute Gasteiger partial charge is 0.374 e. The highest BCUT2D eigenvalue weighted by atomic mass is 35.5. The first-order chi connectivity index (χ1) is 9.28. The van der Waals surface area contributed by atoms with E-state index in [2.05, 4.69) is 20.2 Å². The van der Waals surface area contributed by atoms with E-state index in [1.807, 2.05) is 0 Å². The molecule has 0 atom stereocenters. The number of aliphatic imine (C=N–C) groups is 1. The second kappa shape index (κ2) is 4.07. The first kappa shape index (κ1) is 11.5. The van der Waals surface area contributed by atoms with E-state index >= 15 is 0 Å². The van der Waals surface area contributed by atoms with Gasteiger partial charge in [0.05, 0.1) is 30.5 Å². The van der Waals surface area contributed by atoms with Crippen LogP contribution in [0.15, 0.2) is 11.2 Å². The molecule has 100 valence electrons. The number of rotatable bonds is 0. The van der Waals surface area contributed by atoms with E-state index in [0.717, 1.165) is 30.4 Å². The summed E-state index contributed by atoms with van der Waals surface area (Å²) in [6.45, 7) is 1.66. The molecule has 6 heteroatoms. The summed E-state index contributed by atoms with van der Waals surface area (Å²) < 4.78 is 0. The molecule has 0 amide bonds. The molecule has 3 heterocycles. The van der Waals surface area contributed by atoms with Crippen LogP contribution in [0.2, 0.25) is 5.28 Å². The van der Waals surface area contributed by atoms with Crippen LogP contribution >= 0.6 is 11.6 Å². The van der Waals surface area contributed by atoms with Gasteiger partial charge in [0.1, 0.15) is 5.84 Å². The standard InChI is InChI=1S/C13H16ClN5/c14-12-16-6-9-11(18-12)19-10(7-15-9)17-8-13(19)4-2-1-3-5-13/h6,15H,1-5,7-8H2. The van der Waals surface area contributed by atoms with Gasteiger partial charge < -0.3 is 10.2 Å². The third-order valence-corrected chi connectivity index (χ3v) is 4.64. The van der Waals surface area contributed by atoms with Crippen LogP contribution in [-0.2, 0) is 0 Å². The summed E-state index contributed by atoms with van der Waals surface area (Å²) in [5, 5.41) is 3.63. The fraction of sp³-hybridized carbons (Fsp3) is 0.615. The molecule has 1 N–H and O–H groups in total. The maximum atomic E-state index is 5.98. The van der Waals surface area contributed by atoms with Crippen LogP contribution < -0.4 is 10.2 Å². The van der Waals surface area contributed by atoms with Crippen molar-refractivity contribution in [3.63, 3.8) is 0 Å². The van der Waals surface area contributed by atoms with Crippen LogP contribution in [-0.4, -0.2) is 34.4 Å². The fourth-order valence-corrected chi connectivity index (χ4v) is 3.68. The Kier molecular flexibility index (Phi) is 2.45. The predicted octanol–water partition coefficient (Wildman–Crippen LogP) is 2.48. The summed E-state index contributed by atoms with van der Waals surface area (Å²) in [6.07, 6.45) is 8.06. The number of nitrogens with one attached hydrogen (secondary N) is 1. The summed E-state index contributed by atoms with van der Waals surface area (Å²) in [6, 6.07) is 0. The second-order valence-corrected chi connectivity index (χ2v) is 5.92. The third-order valence-electron chi connectivity index (χ3n) is 4.46. The zero-order valence-corrected chi connectivity index (χ0v) is 11.4. The number of amidine groups is 1. The van der Waals surface area contributed by atoms with Crippen molar-refractivity contribution in [1.29, 1.82) is 0 Å². The smallest absolute Gasteiger partial charge is 0.224 e. The van der Waals surface area contributed by atoms with Crippen molar-refractivity contribution in [2.45, 2.75) is 37.6 Å². The molecule has 3 aliphatic rings. The van der Waals surface area contributed by atoms with Crippen LogP contribution in [0.25, 0.3) is 0 Å². The van der Waals surface area contributed by atoms with Gasteiger partial charge in [-0.25, -0.2) is 4.98 Å². The van der Waals surface area contributed by atoms with Crippen molar-refractivity contribution < 1.29 is 0 Å². The SMILES string of the molecule is Clc1ncc2c(n1)N1C(=NCC13CCCCC3)CN2. The van der Waals surface area contributed by atoms with Crippen molar-refractivity contribution in [3.05, 3.63) is 11.5 Å². The molecule has 0 saturated heterocycles. The average molecular weight is 278 g/mol. The Hall–Kier alpha value is -1.36. The molecule has 0 aromatic carbocycles. The van der Waals surface area contributed by atoms with Gasteiger partial charge in [0.15, 0.2) is 5.82 Å². The molecule has 19 heavy (non-hydrogen) atoms. The molecular formula is C13H16ClN5. The quantitative estimate of drug-likeness (QED) is 0.740. The van der Waals surface area contributed by atoms with Crippen molar-refractivity contribution >= 4 is 28.9 Å². The lowest BCUT2D eigenvalue weighted by Gasteiger charge is -2.44.